The van der Waals surface area contributed by atoms with Crippen LogP contribution in [-0.4, -0.2) is 14.9 Å². The summed E-state index contributed by atoms with van der Waals surface area (Å²) in [6.45, 7) is 16.8. The molecule has 0 aromatic heterocycles. The van der Waals surface area contributed by atoms with Crippen LogP contribution < -0.4 is 0 Å². The van der Waals surface area contributed by atoms with Crippen LogP contribution in [-0.2, 0) is 10.8 Å². The third-order valence-corrected chi connectivity index (χ3v) is 10.7. The number of allylic oxidation sites excluding steroid dienone is 1. The molecule has 0 aliphatic rings. The van der Waals surface area contributed by atoms with Gasteiger partial charge in [0.1, 0.15) is 0 Å². The van der Waals surface area contributed by atoms with Gasteiger partial charge in [-0.15, -0.1) is 0 Å². The molecule has 0 aliphatic heterocycles. The lowest BCUT2D eigenvalue weighted by molar-refractivity contribution is 0.277. The Morgan fingerprint density at radius 3 is 2.11 bits per heavy atom. The summed E-state index contributed by atoms with van der Waals surface area (Å²) in [5.74, 6) is 0.311. The van der Waals surface area contributed by atoms with Gasteiger partial charge in [-0.25, -0.2) is 0 Å². The summed E-state index contributed by atoms with van der Waals surface area (Å²) in [5.41, 5.74) is 5.54. The van der Waals surface area contributed by atoms with E-state index in [0.29, 0.717) is 5.92 Å². The van der Waals surface area contributed by atoms with Gasteiger partial charge in [-0.1, -0.05) is 81.5 Å². The molecule has 0 unspecified atom stereocenters. The summed E-state index contributed by atoms with van der Waals surface area (Å²) >= 11 is 0. The molecule has 152 valence electrons. The maximum Gasteiger partial charge on any atom is 0.192 e. The lowest BCUT2D eigenvalue weighted by Gasteiger charge is -2.37. The minimum atomic E-state index is -1.77. The lowest BCUT2D eigenvalue weighted by Crippen LogP contribution is -2.41. The van der Waals surface area contributed by atoms with Crippen molar-refractivity contribution in [2.24, 2.45) is 0 Å². The molecule has 28 heavy (non-hydrogen) atoms. The third-order valence-electron chi connectivity index (χ3n) is 6.15. The van der Waals surface area contributed by atoms with Gasteiger partial charge < -0.3 is 4.43 Å². The van der Waals surface area contributed by atoms with Crippen LogP contribution in [0.25, 0.3) is 0 Å². The van der Waals surface area contributed by atoms with Gasteiger partial charge in [-0.3, -0.25) is 0 Å². The van der Waals surface area contributed by atoms with Crippen molar-refractivity contribution in [3.63, 3.8) is 0 Å². The molecular weight excluding hydrogens is 356 g/mol. The van der Waals surface area contributed by atoms with Crippen molar-refractivity contribution in [1.29, 1.82) is 0 Å². The molecule has 1 atom stereocenters. The van der Waals surface area contributed by atoms with Gasteiger partial charge in [0.15, 0.2) is 8.32 Å². The van der Waals surface area contributed by atoms with E-state index in [1.807, 2.05) is 0 Å². The second-order valence-corrected chi connectivity index (χ2v) is 14.2. The Bertz CT molecular complexity index is 749. The van der Waals surface area contributed by atoms with Gasteiger partial charge in [-0.05, 0) is 67.1 Å². The molecular formula is C26H38OSi. The fourth-order valence-electron chi connectivity index (χ4n) is 3.32. The van der Waals surface area contributed by atoms with E-state index in [1.165, 1.54) is 22.3 Å². The zero-order chi connectivity index (χ0) is 20.8. The fraction of sp³-hybridized carbons (Fsp3) is 0.462. The molecule has 2 aromatic rings. The van der Waals surface area contributed by atoms with Gasteiger partial charge in [-0.2, -0.15) is 0 Å². The Kier molecular flexibility index (Phi) is 7.85. The van der Waals surface area contributed by atoms with Gasteiger partial charge in [0.05, 0.1) is 0 Å². The number of benzene rings is 2. The van der Waals surface area contributed by atoms with E-state index in [1.54, 1.807) is 0 Å². The fourth-order valence-corrected chi connectivity index (χ4v) is 4.35. The molecule has 0 bridgehead atoms. The minimum absolute atomic E-state index is 0.231. The first kappa shape index (κ1) is 22.6. The van der Waals surface area contributed by atoms with Crippen molar-refractivity contribution >= 4 is 8.32 Å². The Labute approximate surface area is 174 Å². The Morgan fingerprint density at radius 1 is 0.929 bits per heavy atom. The lowest BCUT2D eigenvalue weighted by atomic mass is 9.90. The number of hydrogen-bond acceptors (Lipinski definition) is 1. The van der Waals surface area contributed by atoms with Crippen LogP contribution in [0.1, 0.15) is 55.4 Å². The Hall–Kier alpha value is -1.64. The highest BCUT2D eigenvalue weighted by Crippen LogP contribution is 2.38. The quantitative estimate of drug-likeness (QED) is 0.331. The normalized spacial score (nSPS) is 13.8. The molecule has 2 aromatic carbocycles. The standard InChI is InChI=1S/C26H38OSi/c1-21-14-13-15-22(2)25(21)24(20-27-28(6,7)26(3,4)5)19-12-11-18-23-16-9-8-10-17-23/h8-10,12-17,19,24H,11,18,20H2,1-7H3/b19-12+/t24-/m0/s1. The SMILES string of the molecule is Cc1cccc(C)c1[C@@H](/C=C/CCc1ccccc1)CO[Si](C)(C)C(C)(C)C. The molecule has 2 heteroatoms. The summed E-state index contributed by atoms with van der Waals surface area (Å²) in [6, 6.07) is 17.3. The van der Waals surface area contributed by atoms with Crippen molar-refractivity contribution in [2.75, 3.05) is 6.61 Å². The predicted octanol–water partition coefficient (Wildman–Crippen LogP) is 7.60. The van der Waals surface area contributed by atoms with Crippen LogP contribution in [0.3, 0.4) is 0 Å². The van der Waals surface area contributed by atoms with Crippen LogP contribution in [0.4, 0.5) is 0 Å². The highest BCUT2D eigenvalue weighted by atomic mass is 28.4. The van der Waals surface area contributed by atoms with E-state index >= 15 is 0 Å². The highest BCUT2D eigenvalue weighted by molar-refractivity contribution is 6.74. The van der Waals surface area contributed by atoms with Crippen LogP contribution >= 0.6 is 0 Å². The first-order chi connectivity index (χ1) is 13.1. The van der Waals surface area contributed by atoms with Crippen LogP contribution in [0.2, 0.25) is 18.1 Å². The second-order valence-electron chi connectivity index (χ2n) is 9.44. The summed E-state index contributed by atoms with van der Waals surface area (Å²) in [7, 11) is -1.77. The number of hydrogen-bond donors (Lipinski definition) is 0. The average molecular weight is 395 g/mol. The molecule has 2 rings (SSSR count). The first-order valence-corrected chi connectivity index (χ1v) is 13.4. The van der Waals surface area contributed by atoms with E-state index in [2.05, 4.69) is 108 Å². The van der Waals surface area contributed by atoms with E-state index in [0.717, 1.165) is 19.4 Å². The largest absolute Gasteiger partial charge is 0.416 e. The summed E-state index contributed by atoms with van der Waals surface area (Å²) in [4.78, 5) is 0. The molecule has 0 N–H and O–H groups in total. The Balaban J connectivity index is 2.15. The third kappa shape index (κ3) is 6.18. The van der Waals surface area contributed by atoms with Gasteiger partial charge in [0, 0.05) is 12.5 Å². The van der Waals surface area contributed by atoms with Crippen LogP contribution in [0.5, 0.6) is 0 Å². The molecule has 0 spiro atoms. The maximum absolute atomic E-state index is 6.62. The molecule has 0 heterocycles. The van der Waals surface area contributed by atoms with Crippen molar-refractivity contribution in [3.8, 4) is 0 Å². The van der Waals surface area contributed by atoms with Gasteiger partial charge in [0.2, 0.25) is 0 Å². The molecule has 0 saturated heterocycles. The van der Waals surface area contributed by atoms with Crippen molar-refractivity contribution < 1.29 is 4.43 Å². The van der Waals surface area contributed by atoms with E-state index < -0.39 is 8.32 Å². The van der Waals surface area contributed by atoms with Gasteiger partial charge >= 0.3 is 0 Å². The zero-order valence-electron chi connectivity index (χ0n) is 18.9. The Morgan fingerprint density at radius 2 is 1.54 bits per heavy atom. The van der Waals surface area contributed by atoms with E-state index in [9.17, 15) is 0 Å². The number of aryl methyl sites for hydroxylation is 3. The van der Waals surface area contributed by atoms with Crippen LogP contribution in [0, 0.1) is 13.8 Å². The molecule has 0 aliphatic carbocycles. The topological polar surface area (TPSA) is 9.23 Å². The van der Waals surface area contributed by atoms with Crippen molar-refractivity contribution in [2.45, 2.75) is 71.5 Å². The summed E-state index contributed by atoms with van der Waals surface area (Å²) in [6.07, 6.45) is 6.87. The molecule has 1 nitrogen and oxygen atoms in total. The predicted molar refractivity (Wildman–Crippen MR) is 126 cm³/mol. The monoisotopic (exact) mass is 394 g/mol. The van der Waals surface area contributed by atoms with Crippen molar-refractivity contribution in [3.05, 3.63) is 82.9 Å². The highest BCUT2D eigenvalue weighted by Gasteiger charge is 2.37. The summed E-state index contributed by atoms with van der Waals surface area (Å²) < 4.78 is 6.62. The second kappa shape index (κ2) is 9.71. The first-order valence-electron chi connectivity index (χ1n) is 10.5. The maximum atomic E-state index is 6.62. The smallest absolute Gasteiger partial charge is 0.192 e. The van der Waals surface area contributed by atoms with E-state index in [-0.39, 0.29) is 5.04 Å². The average Bonchev–Trinajstić information content (AvgIpc) is 2.62. The molecule has 0 saturated carbocycles. The van der Waals surface area contributed by atoms with Gasteiger partial charge in [0.25, 0.3) is 0 Å². The molecule has 0 fully saturated rings. The minimum Gasteiger partial charge on any atom is -0.416 e. The van der Waals surface area contributed by atoms with Crippen LogP contribution in [0.15, 0.2) is 60.7 Å². The zero-order valence-corrected chi connectivity index (χ0v) is 19.9. The van der Waals surface area contributed by atoms with E-state index in [4.69, 9.17) is 4.43 Å². The molecule has 0 amide bonds. The summed E-state index contributed by atoms with van der Waals surface area (Å²) in [5, 5.41) is 0.231. The van der Waals surface area contributed by atoms with Crippen molar-refractivity contribution in [1.82, 2.24) is 0 Å². The number of rotatable bonds is 8. The molecule has 0 radical (unpaired) electrons.